The van der Waals surface area contributed by atoms with Gasteiger partial charge in [-0.05, 0) is 18.9 Å². The highest BCUT2D eigenvalue weighted by atomic mass is 14.8. The normalized spacial score (nSPS) is 16.7. The molecule has 2 aromatic heterocycles. The van der Waals surface area contributed by atoms with E-state index in [1.165, 1.54) is 12.8 Å². The predicted octanol–water partition coefficient (Wildman–Crippen LogP) is 2.70. The molecule has 0 bridgehead atoms. The maximum absolute atomic E-state index is 8.37. The van der Waals surface area contributed by atoms with Crippen LogP contribution in [0.2, 0.25) is 0 Å². The molecule has 0 aliphatic heterocycles. The minimum Gasteiger partial charge on any atom is -0.397 e. The third-order valence-corrected chi connectivity index (χ3v) is 3.65. The molecule has 0 aromatic carbocycles. The maximum Gasteiger partial charge on any atom is 0.138 e. The molecular formula is C13H16N4. The van der Waals surface area contributed by atoms with Crippen LogP contribution in [0.5, 0.6) is 0 Å². The van der Waals surface area contributed by atoms with Crippen LogP contribution in [-0.2, 0) is 0 Å². The van der Waals surface area contributed by atoms with Gasteiger partial charge in [-0.1, -0.05) is 12.8 Å². The molecule has 1 aliphatic rings. The Balaban J connectivity index is 2.11. The number of aromatic nitrogens is 2. The molecule has 17 heavy (non-hydrogen) atoms. The lowest BCUT2D eigenvalue weighted by Gasteiger charge is -2.14. The van der Waals surface area contributed by atoms with Crippen LogP contribution in [0.25, 0.3) is 11.0 Å². The number of nitrogens with zero attached hydrogens (tertiary/aromatic N) is 1. The lowest BCUT2D eigenvalue weighted by molar-refractivity contribution is 0.726. The van der Waals surface area contributed by atoms with E-state index < -0.39 is 0 Å². The molecular weight excluding hydrogens is 212 g/mol. The Morgan fingerprint density at radius 2 is 2.18 bits per heavy atom. The van der Waals surface area contributed by atoms with Gasteiger partial charge in [0.25, 0.3) is 0 Å². The van der Waals surface area contributed by atoms with E-state index >= 15 is 0 Å². The maximum atomic E-state index is 8.37. The Kier molecular flexibility index (Phi) is 2.35. The van der Waals surface area contributed by atoms with E-state index in [1.807, 2.05) is 12.3 Å². The smallest absolute Gasteiger partial charge is 0.138 e. The van der Waals surface area contributed by atoms with E-state index in [4.69, 9.17) is 11.1 Å². The van der Waals surface area contributed by atoms with Gasteiger partial charge in [-0.2, -0.15) is 0 Å². The van der Waals surface area contributed by atoms with Crippen molar-refractivity contribution < 1.29 is 0 Å². The molecule has 4 heteroatoms. The van der Waals surface area contributed by atoms with E-state index in [1.54, 1.807) is 6.20 Å². The van der Waals surface area contributed by atoms with Gasteiger partial charge in [0.15, 0.2) is 0 Å². The molecule has 1 aliphatic carbocycles. The lowest BCUT2D eigenvalue weighted by Crippen LogP contribution is -2.14. The Bertz CT molecular complexity index is 564. The molecule has 0 radical (unpaired) electrons. The SMILES string of the molecule is N=C(c1c(N)cnc2[nH]ccc12)C1CCCC1. The first-order valence-electron chi connectivity index (χ1n) is 6.08. The van der Waals surface area contributed by atoms with Crippen LogP contribution in [0.1, 0.15) is 31.2 Å². The second-order valence-corrected chi connectivity index (χ2v) is 4.72. The third-order valence-electron chi connectivity index (χ3n) is 3.65. The number of nitrogens with one attached hydrogen (secondary N) is 2. The summed E-state index contributed by atoms with van der Waals surface area (Å²) in [6.07, 6.45) is 8.20. The number of fused-ring (bicyclic) bond motifs is 1. The molecule has 2 heterocycles. The molecule has 0 spiro atoms. The molecule has 4 nitrogen and oxygen atoms in total. The van der Waals surface area contributed by atoms with Crippen LogP contribution in [0.3, 0.4) is 0 Å². The van der Waals surface area contributed by atoms with Gasteiger partial charge in [-0.3, -0.25) is 0 Å². The summed E-state index contributed by atoms with van der Waals surface area (Å²) in [5.41, 5.74) is 9.00. The summed E-state index contributed by atoms with van der Waals surface area (Å²) in [6, 6.07) is 1.96. The van der Waals surface area contributed by atoms with Gasteiger partial charge in [0.2, 0.25) is 0 Å². The van der Waals surface area contributed by atoms with Gasteiger partial charge in [0.05, 0.1) is 11.9 Å². The molecule has 88 valence electrons. The number of nitrogens with two attached hydrogens (primary N) is 1. The number of hydrogen-bond donors (Lipinski definition) is 3. The van der Waals surface area contributed by atoms with E-state index in [9.17, 15) is 0 Å². The van der Waals surface area contributed by atoms with Gasteiger partial charge in [0, 0.05) is 28.8 Å². The first kappa shape index (κ1) is 10.3. The second-order valence-electron chi connectivity index (χ2n) is 4.72. The van der Waals surface area contributed by atoms with Gasteiger partial charge < -0.3 is 16.1 Å². The van der Waals surface area contributed by atoms with E-state index in [2.05, 4.69) is 9.97 Å². The number of hydrogen-bond acceptors (Lipinski definition) is 3. The highest BCUT2D eigenvalue weighted by molar-refractivity contribution is 6.13. The molecule has 0 unspecified atom stereocenters. The average Bonchev–Trinajstić information content (AvgIpc) is 2.98. The molecule has 0 saturated heterocycles. The Hall–Kier alpha value is -1.84. The highest BCUT2D eigenvalue weighted by Crippen LogP contribution is 2.32. The average molecular weight is 228 g/mol. The fourth-order valence-electron chi connectivity index (χ4n) is 2.74. The topological polar surface area (TPSA) is 78.6 Å². The van der Waals surface area contributed by atoms with Crippen LogP contribution in [-0.4, -0.2) is 15.7 Å². The largest absolute Gasteiger partial charge is 0.397 e. The third kappa shape index (κ3) is 1.60. The zero-order valence-electron chi connectivity index (χ0n) is 9.66. The number of pyridine rings is 1. The quantitative estimate of drug-likeness (QED) is 0.691. The highest BCUT2D eigenvalue weighted by Gasteiger charge is 2.23. The summed E-state index contributed by atoms with van der Waals surface area (Å²) in [5.74, 6) is 0.373. The number of aromatic amines is 1. The molecule has 1 fully saturated rings. The minimum absolute atomic E-state index is 0.373. The van der Waals surface area contributed by atoms with Crippen LogP contribution < -0.4 is 5.73 Å². The van der Waals surface area contributed by atoms with Gasteiger partial charge in [0.1, 0.15) is 5.65 Å². The van der Waals surface area contributed by atoms with Crippen LogP contribution in [0.15, 0.2) is 18.5 Å². The van der Waals surface area contributed by atoms with Crippen molar-refractivity contribution >= 4 is 22.4 Å². The zero-order valence-corrected chi connectivity index (χ0v) is 9.66. The summed E-state index contributed by atoms with van der Waals surface area (Å²) in [5, 5.41) is 9.34. The Morgan fingerprint density at radius 3 is 2.94 bits per heavy atom. The molecule has 3 rings (SSSR count). The van der Waals surface area contributed by atoms with E-state index in [0.717, 1.165) is 29.4 Å². The van der Waals surface area contributed by atoms with Crippen molar-refractivity contribution in [3.8, 4) is 0 Å². The molecule has 2 aromatic rings. The molecule has 1 saturated carbocycles. The zero-order chi connectivity index (χ0) is 11.8. The van der Waals surface area contributed by atoms with Crippen molar-refractivity contribution in [1.82, 2.24) is 9.97 Å². The van der Waals surface area contributed by atoms with Crippen molar-refractivity contribution in [2.45, 2.75) is 25.7 Å². The van der Waals surface area contributed by atoms with Crippen molar-refractivity contribution in [3.05, 3.63) is 24.0 Å². The molecule has 4 N–H and O–H groups in total. The summed E-state index contributed by atoms with van der Waals surface area (Å²) in [7, 11) is 0. The van der Waals surface area contributed by atoms with Crippen molar-refractivity contribution in [2.24, 2.45) is 5.92 Å². The minimum atomic E-state index is 0.373. The first-order chi connectivity index (χ1) is 8.27. The summed E-state index contributed by atoms with van der Waals surface area (Å²) >= 11 is 0. The number of anilines is 1. The summed E-state index contributed by atoms with van der Waals surface area (Å²) in [6.45, 7) is 0. The number of H-pyrrole nitrogens is 1. The van der Waals surface area contributed by atoms with Crippen molar-refractivity contribution in [1.29, 1.82) is 5.41 Å². The Labute approximate surface area is 99.8 Å². The van der Waals surface area contributed by atoms with E-state index in [-0.39, 0.29) is 0 Å². The summed E-state index contributed by atoms with van der Waals surface area (Å²) < 4.78 is 0. The number of nitrogen functional groups attached to an aromatic ring is 1. The predicted molar refractivity (Wildman–Crippen MR) is 69.3 cm³/mol. The van der Waals surface area contributed by atoms with Gasteiger partial charge in [-0.15, -0.1) is 0 Å². The van der Waals surface area contributed by atoms with Crippen molar-refractivity contribution in [2.75, 3.05) is 5.73 Å². The molecule has 0 amide bonds. The lowest BCUT2D eigenvalue weighted by atomic mass is 9.93. The molecule has 0 atom stereocenters. The van der Waals surface area contributed by atoms with Crippen molar-refractivity contribution in [3.63, 3.8) is 0 Å². The standard InChI is InChI=1S/C13H16N4/c14-10-7-17-13-9(5-6-16-13)11(10)12(15)8-3-1-2-4-8/h5-8,15H,1-4,14H2,(H,16,17). The fraction of sp³-hybridized carbons (Fsp3) is 0.385. The van der Waals surface area contributed by atoms with Crippen LogP contribution >= 0.6 is 0 Å². The summed E-state index contributed by atoms with van der Waals surface area (Å²) in [4.78, 5) is 7.30. The fourth-order valence-corrected chi connectivity index (χ4v) is 2.74. The second kappa shape index (κ2) is 3.87. The number of rotatable bonds is 2. The van der Waals surface area contributed by atoms with E-state index in [0.29, 0.717) is 17.3 Å². The van der Waals surface area contributed by atoms with Crippen LogP contribution in [0, 0.1) is 11.3 Å². The first-order valence-corrected chi connectivity index (χ1v) is 6.08. The van der Waals surface area contributed by atoms with Gasteiger partial charge in [-0.25, -0.2) is 4.98 Å². The Morgan fingerprint density at radius 1 is 1.41 bits per heavy atom. The van der Waals surface area contributed by atoms with Crippen LogP contribution in [0.4, 0.5) is 5.69 Å². The van der Waals surface area contributed by atoms with Gasteiger partial charge >= 0.3 is 0 Å². The monoisotopic (exact) mass is 228 g/mol.